The highest BCUT2D eigenvalue weighted by Crippen LogP contribution is 2.00. The maximum Gasteiger partial charge on any atom is 0.326 e. The van der Waals surface area contributed by atoms with Crippen LogP contribution in [0.25, 0.3) is 0 Å². The molecule has 76 valence electrons. The van der Waals surface area contributed by atoms with E-state index in [1.807, 2.05) is 6.92 Å². The van der Waals surface area contributed by atoms with E-state index in [0.29, 0.717) is 12.8 Å². The topological polar surface area (TPSA) is 66.4 Å². The lowest BCUT2D eigenvalue weighted by Crippen LogP contribution is -2.41. The van der Waals surface area contributed by atoms with Gasteiger partial charge in [-0.05, 0) is 6.42 Å². The molecule has 2 N–H and O–H groups in total. The number of hydrogen-bond donors (Lipinski definition) is 2. The van der Waals surface area contributed by atoms with Crippen molar-refractivity contribution >= 4 is 23.5 Å². The Labute approximate surface area is 83.7 Å². The lowest BCUT2D eigenvalue weighted by Gasteiger charge is -2.12. The summed E-state index contributed by atoms with van der Waals surface area (Å²) in [6, 6.07) is -0.936. The molecule has 5 heteroatoms. The van der Waals surface area contributed by atoms with E-state index in [0.717, 1.165) is 6.42 Å². The summed E-state index contributed by atoms with van der Waals surface area (Å²) < 4.78 is 6.86. The van der Waals surface area contributed by atoms with Crippen LogP contribution in [0, 0.1) is 0 Å². The number of unbranched alkanes of at least 4 members (excludes halogenated alkanes) is 1. The van der Waals surface area contributed by atoms with Crippen molar-refractivity contribution in [3.63, 3.8) is 0 Å². The lowest BCUT2D eigenvalue weighted by atomic mass is 10.1. The quantitative estimate of drug-likeness (QED) is 0.640. The number of carboxylic acids is 1. The number of alkyl halides is 1. The molecule has 0 spiro atoms. The summed E-state index contributed by atoms with van der Waals surface area (Å²) in [4.78, 5) is 21.6. The van der Waals surface area contributed by atoms with Crippen molar-refractivity contribution in [1.29, 1.82) is 0 Å². The van der Waals surface area contributed by atoms with Crippen LogP contribution in [0.3, 0.4) is 0 Å². The van der Waals surface area contributed by atoms with Crippen LogP contribution in [0.2, 0.25) is 0 Å². The summed E-state index contributed by atoms with van der Waals surface area (Å²) in [5.41, 5.74) is 0. The lowest BCUT2D eigenvalue weighted by molar-refractivity contribution is -0.141. The zero-order valence-corrected chi connectivity index (χ0v) is 8.17. The van der Waals surface area contributed by atoms with Gasteiger partial charge >= 0.3 is 5.97 Å². The summed E-state index contributed by atoms with van der Waals surface area (Å²) >= 11 is 5.17. The van der Waals surface area contributed by atoms with Crippen molar-refractivity contribution in [3.05, 3.63) is 0 Å². The van der Waals surface area contributed by atoms with Crippen molar-refractivity contribution in [2.75, 3.05) is 5.86 Å². The highest BCUT2D eigenvalue weighted by atomic mass is 35.5. The Morgan fingerprint density at radius 3 is 2.69 bits per heavy atom. The number of amides is 1. The van der Waals surface area contributed by atoms with E-state index in [4.69, 9.17) is 18.1 Å². The smallest absolute Gasteiger partial charge is 0.326 e. The van der Waals surface area contributed by atoms with Gasteiger partial charge in [0.2, 0.25) is 5.91 Å². The second-order valence-corrected chi connectivity index (χ2v) is 2.87. The molecule has 0 saturated heterocycles. The van der Waals surface area contributed by atoms with Gasteiger partial charge in [-0.2, -0.15) is 0 Å². The van der Waals surface area contributed by atoms with Crippen molar-refractivity contribution < 1.29 is 16.1 Å². The van der Waals surface area contributed by atoms with Gasteiger partial charge in [0, 0.05) is 0 Å². The van der Waals surface area contributed by atoms with Gasteiger partial charge in [0.25, 0.3) is 0 Å². The van der Waals surface area contributed by atoms with Crippen LogP contribution in [0.5, 0.6) is 0 Å². The van der Waals surface area contributed by atoms with Crippen molar-refractivity contribution in [2.24, 2.45) is 0 Å². The average Bonchev–Trinajstić information content (AvgIpc) is 2.10. The largest absolute Gasteiger partial charge is 0.480 e. The third-order valence-corrected chi connectivity index (χ3v) is 1.76. The molecule has 0 bridgehead atoms. The minimum atomic E-state index is -1.45. The second kappa shape index (κ2) is 6.71. The highest BCUT2D eigenvalue weighted by Gasteiger charge is 2.18. The molecule has 0 saturated carbocycles. The number of rotatable bonds is 6. The monoisotopic (exact) mass is 208 g/mol. The van der Waals surface area contributed by atoms with Gasteiger partial charge in [0.05, 0.1) is 1.37 Å². The molecule has 0 aliphatic rings. The zero-order chi connectivity index (χ0) is 11.1. The molecule has 2 atom stereocenters. The van der Waals surface area contributed by atoms with Crippen LogP contribution < -0.4 is 5.32 Å². The third kappa shape index (κ3) is 5.47. The molecule has 0 aliphatic heterocycles. The van der Waals surface area contributed by atoms with Crippen LogP contribution in [0.15, 0.2) is 0 Å². The number of carboxylic acid groups (broad SMARTS) is 1. The number of hydrogen-bond acceptors (Lipinski definition) is 2. The summed E-state index contributed by atoms with van der Waals surface area (Å²) in [5.74, 6) is -3.31. The maximum atomic E-state index is 10.9. The predicted octanol–water partition coefficient (Wildman–Crippen LogP) is 0.985. The number of carbonyl (C=O) groups excluding carboxylic acids is 1. The van der Waals surface area contributed by atoms with Crippen molar-refractivity contribution in [1.82, 2.24) is 5.32 Å². The fourth-order valence-corrected chi connectivity index (χ4v) is 0.932. The summed E-state index contributed by atoms with van der Waals surface area (Å²) in [7, 11) is 0. The fourth-order valence-electron chi connectivity index (χ4n) is 0.869. The van der Waals surface area contributed by atoms with E-state index in [-0.39, 0.29) is 0 Å². The standard InChI is InChI=1S/C8H14ClNO3/c1-2-3-4-6(8(12)13)10-7(11)5-9/h6H,2-5H2,1H3,(H,10,11)(H,12,13)/t6-/m0/s1/i5D/t5?,6-. The SMILES string of the molecule is [2H]C(Cl)C(=O)N[C@@H](CCCC)C(=O)O. The van der Waals surface area contributed by atoms with Gasteiger partial charge in [-0.3, -0.25) is 4.79 Å². The van der Waals surface area contributed by atoms with E-state index in [1.54, 1.807) is 0 Å². The van der Waals surface area contributed by atoms with Crippen molar-refractivity contribution in [3.8, 4) is 0 Å². The molecule has 13 heavy (non-hydrogen) atoms. The third-order valence-electron chi connectivity index (χ3n) is 1.56. The molecule has 0 aromatic carbocycles. The van der Waals surface area contributed by atoms with Crippen LogP contribution in [-0.2, 0) is 9.59 Å². The van der Waals surface area contributed by atoms with Gasteiger partial charge in [-0.15, -0.1) is 11.6 Å². The molecule has 0 aromatic heterocycles. The normalized spacial score (nSPS) is 15.7. The van der Waals surface area contributed by atoms with Crippen LogP contribution in [0.1, 0.15) is 27.6 Å². The Morgan fingerprint density at radius 1 is 1.69 bits per heavy atom. The Bertz CT molecular complexity index is 211. The molecular weight excluding hydrogens is 194 g/mol. The minimum absolute atomic E-state index is 0.362. The molecule has 0 aliphatic carbocycles. The Morgan fingerprint density at radius 2 is 2.31 bits per heavy atom. The summed E-state index contributed by atoms with van der Waals surface area (Å²) in [6.07, 6.45) is 1.92. The predicted molar refractivity (Wildman–Crippen MR) is 49.8 cm³/mol. The van der Waals surface area contributed by atoms with Gasteiger partial charge < -0.3 is 10.4 Å². The molecule has 0 heterocycles. The first-order valence-corrected chi connectivity index (χ1v) is 4.52. The van der Waals surface area contributed by atoms with Crippen LogP contribution in [0.4, 0.5) is 0 Å². The maximum absolute atomic E-state index is 10.9. The summed E-state index contributed by atoms with van der Waals surface area (Å²) in [5, 5.41) is 10.9. The van der Waals surface area contributed by atoms with Crippen LogP contribution in [-0.4, -0.2) is 28.9 Å². The van der Waals surface area contributed by atoms with Gasteiger partial charge in [-0.1, -0.05) is 19.8 Å². The number of halogens is 1. The van der Waals surface area contributed by atoms with Gasteiger partial charge in [0.15, 0.2) is 0 Å². The van der Waals surface area contributed by atoms with E-state index in [2.05, 4.69) is 5.32 Å². The van der Waals surface area contributed by atoms with E-state index in [1.165, 1.54) is 0 Å². The molecule has 1 unspecified atom stereocenters. The molecule has 0 fully saturated rings. The number of carbonyl (C=O) groups is 2. The molecule has 0 aromatic rings. The average molecular weight is 209 g/mol. The summed E-state index contributed by atoms with van der Waals surface area (Å²) in [6.45, 7) is 1.93. The Balaban J connectivity index is 4.09. The first-order valence-electron chi connectivity index (χ1n) is 4.66. The second-order valence-electron chi connectivity index (χ2n) is 2.65. The Hall–Kier alpha value is -0.770. The molecule has 1 amide bonds. The van der Waals surface area contributed by atoms with E-state index >= 15 is 0 Å². The van der Waals surface area contributed by atoms with Crippen molar-refractivity contribution in [2.45, 2.75) is 32.2 Å². The zero-order valence-electron chi connectivity index (χ0n) is 8.42. The minimum Gasteiger partial charge on any atom is -0.480 e. The molecule has 0 rings (SSSR count). The highest BCUT2D eigenvalue weighted by molar-refractivity contribution is 6.27. The fraction of sp³-hybridized carbons (Fsp3) is 0.750. The van der Waals surface area contributed by atoms with Gasteiger partial charge in [0.1, 0.15) is 11.9 Å². The van der Waals surface area contributed by atoms with E-state index < -0.39 is 23.8 Å². The first kappa shape index (κ1) is 10.3. The van der Waals surface area contributed by atoms with E-state index in [9.17, 15) is 9.59 Å². The van der Waals surface area contributed by atoms with Crippen LogP contribution >= 0.6 is 11.6 Å². The molecule has 0 radical (unpaired) electrons. The first-order chi connectivity index (χ1) is 6.49. The molecule has 4 nitrogen and oxygen atoms in total. The number of nitrogens with one attached hydrogen (secondary N) is 1. The van der Waals surface area contributed by atoms with Gasteiger partial charge in [-0.25, -0.2) is 4.79 Å². The molecular formula is C8H14ClNO3. The number of aliphatic carboxylic acids is 1. The Kier molecular flexibility index (Phi) is 5.33.